The molecule has 0 fully saturated rings. The maximum Gasteiger partial charge on any atom is 0.341 e. The van der Waals surface area contributed by atoms with E-state index in [2.05, 4.69) is 5.32 Å². The van der Waals surface area contributed by atoms with E-state index in [1.165, 1.54) is 11.3 Å². The smallest absolute Gasteiger partial charge is 0.341 e. The minimum atomic E-state index is -0.406. The first-order valence-electron chi connectivity index (χ1n) is 7.66. The number of benzene rings is 1. The minimum absolute atomic E-state index is 0.185. The number of anilines is 1. The van der Waals surface area contributed by atoms with Gasteiger partial charge in [0.1, 0.15) is 10.8 Å². The molecule has 0 aliphatic heterocycles. The van der Waals surface area contributed by atoms with E-state index in [9.17, 15) is 9.59 Å². The van der Waals surface area contributed by atoms with Crippen LogP contribution >= 0.6 is 11.3 Å². The summed E-state index contributed by atoms with van der Waals surface area (Å²) >= 11 is 1.38. The van der Waals surface area contributed by atoms with Crippen LogP contribution in [0, 0.1) is 13.8 Å². The second kappa shape index (κ2) is 7.97. The van der Waals surface area contributed by atoms with Gasteiger partial charge >= 0.3 is 5.97 Å². The maximum absolute atomic E-state index is 12.3. The fourth-order valence-electron chi connectivity index (χ4n) is 2.30. The fraction of sp³-hybridized carbons (Fsp3) is 0.333. The summed E-state index contributed by atoms with van der Waals surface area (Å²) in [7, 11) is 1.59. The molecule has 0 bridgehead atoms. The van der Waals surface area contributed by atoms with Crippen LogP contribution in [0.3, 0.4) is 0 Å². The Morgan fingerprint density at radius 1 is 1.25 bits per heavy atom. The second-order valence-electron chi connectivity index (χ2n) is 5.28. The van der Waals surface area contributed by atoms with Gasteiger partial charge < -0.3 is 14.8 Å². The lowest BCUT2D eigenvalue weighted by molar-refractivity contribution is -0.115. The van der Waals surface area contributed by atoms with Crippen molar-refractivity contribution in [3.8, 4) is 5.75 Å². The Morgan fingerprint density at radius 2 is 2.00 bits per heavy atom. The van der Waals surface area contributed by atoms with Gasteiger partial charge in [0.05, 0.1) is 25.7 Å². The van der Waals surface area contributed by atoms with Crippen molar-refractivity contribution in [2.75, 3.05) is 19.0 Å². The highest BCUT2D eigenvalue weighted by molar-refractivity contribution is 7.16. The molecule has 0 spiro atoms. The Labute approximate surface area is 145 Å². The molecule has 0 unspecified atom stereocenters. The third-order valence-corrected chi connectivity index (χ3v) is 4.74. The van der Waals surface area contributed by atoms with Crippen molar-refractivity contribution >= 4 is 28.2 Å². The molecule has 0 saturated heterocycles. The second-order valence-corrected chi connectivity index (χ2v) is 6.51. The molecule has 0 atom stereocenters. The van der Waals surface area contributed by atoms with Crippen molar-refractivity contribution in [2.45, 2.75) is 27.2 Å². The van der Waals surface area contributed by atoms with Crippen LogP contribution in [0.15, 0.2) is 24.3 Å². The summed E-state index contributed by atoms with van der Waals surface area (Å²) < 4.78 is 10.3. The molecule has 1 aromatic heterocycles. The molecule has 6 heteroatoms. The van der Waals surface area contributed by atoms with Gasteiger partial charge in [-0.2, -0.15) is 0 Å². The van der Waals surface area contributed by atoms with E-state index in [0.29, 0.717) is 22.9 Å². The van der Waals surface area contributed by atoms with E-state index < -0.39 is 5.97 Å². The number of carbonyl (C=O) groups is 2. The molecular weight excluding hydrogens is 326 g/mol. The van der Waals surface area contributed by atoms with E-state index in [1.807, 2.05) is 38.1 Å². The molecule has 2 aromatic rings. The van der Waals surface area contributed by atoms with Crippen molar-refractivity contribution in [1.82, 2.24) is 0 Å². The number of nitrogens with one attached hydrogen (secondary N) is 1. The van der Waals surface area contributed by atoms with E-state index in [0.717, 1.165) is 16.0 Å². The molecule has 1 amide bonds. The van der Waals surface area contributed by atoms with Crippen LogP contribution in [0.2, 0.25) is 0 Å². The van der Waals surface area contributed by atoms with Crippen LogP contribution in [0.1, 0.15) is 33.3 Å². The van der Waals surface area contributed by atoms with Gasteiger partial charge in [-0.25, -0.2) is 4.79 Å². The number of hydrogen-bond donors (Lipinski definition) is 1. The Hall–Kier alpha value is -2.34. The quantitative estimate of drug-likeness (QED) is 0.809. The summed E-state index contributed by atoms with van der Waals surface area (Å²) in [5.74, 6) is 0.112. The Bertz CT molecular complexity index is 751. The van der Waals surface area contributed by atoms with E-state index >= 15 is 0 Å². The molecule has 1 N–H and O–H groups in total. The zero-order valence-corrected chi connectivity index (χ0v) is 15.1. The van der Waals surface area contributed by atoms with Crippen LogP contribution in [0.4, 0.5) is 5.00 Å². The fourth-order valence-corrected chi connectivity index (χ4v) is 3.37. The third-order valence-electron chi connectivity index (χ3n) is 3.62. The van der Waals surface area contributed by atoms with Crippen molar-refractivity contribution in [3.05, 3.63) is 45.8 Å². The first-order valence-corrected chi connectivity index (χ1v) is 8.47. The Morgan fingerprint density at radius 3 is 2.67 bits per heavy atom. The monoisotopic (exact) mass is 347 g/mol. The lowest BCUT2D eigenvalue weighted by Gasteiger charge is -2.08. The van der Waals surface area contributed by atoms with Gasteiger partial charge in [-0.1, -0.05) is 12.1 Å². The van der Waals surface area contributed by atoms with E-state index in [4.69, 9.17) is 9.47 Å². The summed E-state index contributed by atoms with van der Waals surface area (Å²) in [6.07, 6.45) is 0.204. The number of methoxy groups -OCH3 is 1. The van der Waals surface area contributed by atoms with Gasteiger partial charge in [-0.15, -0.1) is 11.3 Å². The number of hydrogen-bond acceptors (Lipinski definition) is 5. The average Bonchev–Trinajstić information content (AvgIpc) is 2.81. The van der Waals surface area contributed by atoms with Gasteiger partial charge in [0, 0.05) is 4.88 Å². The number of thiophene rings is 1. The lowest BCUT2D eigenvalue weighted by atomic mass is 10.1. The molecule has 0 aliphatic rings. The van der Waals surface area contributed by atoms with Crippen LogP contribution in [-0.4, -0.2) is 25.6 Å². The lowest BCUT2D eigenvalue weighted by Crippen LogP contribution is -2.16. The summed E-state index contributed by atoms with van der Waals surface area (Å²) in [5, 5.41) is 3.37. The number of carbonyl (C=O) groups excluding carboxylic acids is 2. The van der Waals surface area contributed by atoms with E-state index in [1.54, 1.807) is 14.0 Å². The predicted octanol–water partition coefficient (Wildman–Crippen LogP) is 3.73. The molecule has 5 nitrogen and oxygen atoms in total. The summed E-state index contributed by atoms with van der Waals surface area (Å²) in [6, 6.07) is 7.34. The number of aryl methyl sites for hydroxylation is 1. The van der Waals surface area contributed by atoms with Crippen LogP contribution in [-0.2, 0) is 16.0 Å². The Kier molecular flexibility index (Phi) is 5.98. The van der Waals surface area contributed by atoms with E-state index in [-0.39, 0.29) is 12.3 Å². The van der Waals surface area contributed by atoms with Crippen molar-refractivity contribution in [2.24, 2.45) is 0 Å². The normalized spacial score (nSPS) is 10.3. The molecule has 0 radical (unpaired) electrons. The number of amides is 1. The van der Waals surface area contributed by atoms with Crippen LogP contribution < -0.4 is 10.1 Å². The zero-order chi connectivity index (χ0) is 17.7. The summed E-state index contributed by atoms with van der Waals surface area (Å²) in [6.45, 7) is 5.83. The zero-order valence-electron chi connectivity index (χ0n) is 14.3. The molecule has 2 rings (SSSR count). The first-order chi connectivity index (χ1) is 11.5. The highest BCUT2D eigenvalue weighted by atomic mass is 32.1. The van der Waals surface area contributed by atoms with Gasteiger partial charge in [-0.05, 0) is 44.0 Å². The van der Waals surface area contributed by atoms with Crippen LogP contribution in [0.25, 0.3) is 0 Å². The Balaban J connectivity index is 2.16. The standard InChI is InChI=1S/C18H21NO4S/c1-5-23-18(21)16-11(2)12(3)24-17(16)19-15(20)10-13-7-6-8-14(9-13)22-4/h6-9H,5,10H2,1-4H3,(H,19,20). The molecule has 24 heavy (non-hydrogen) atoms. The first kappa shape index (κ1) is 18.0. The van der Waals surface area contributed by atoms with Gasteiger partial charge in [-0.3, -0.25) is 4.79 Å². The molecule has 0 aliphatic carbocycles. The van der Waals surface area contributed by atoms with Crippen molar-refractivity contribution in [1.29, 1.82) is 0 Å². The maximum atomic E-state index is 12.3. The molecule has 128 valence electrons. The third kappa shape index (κ3) is 4.14. The summed E-state index contributed by atoms with van der Waals surface area (Å²) in [5.41, 5.74) is 2.13. The number of ether oxygens (including phenoxy) is 2. The van der Waals surface area contributed by atoms with Crippen molar-refractivity contribution < 1.29 is 19.1 Å². The largest absolute Gasteiger partial charge is 0.497 e. The van der Waals surface area contributed by atoms with Crippen molar-refractivity contribution in [3.63, 3.8) is 0 Å². The van der Waals surface area contributed by atoms with Gasteiger partial charge in [0.2, 0.25) is 5.91 Å². The molecule has 1 aromatic carbocycles. The van der Waals surface area contributed by atoms with Gasteiger partial charge in [0.15, 0.2) is 0 Å². The highest BCUT2D eigenvalue weighted by Crippen LogP contribution is 2.33. The number of rotatable bonds is 6. The molecule has 1 heterocycles. The number of esters is 1. The topological polar surface area (TPSA) is 64.6 Å². The van der Waals surface area contributed by atoms with Crippen LogP contribution in [0.5, 0.6) is 5.75 Å². The molecular formula is C18H21NO4S. The highest BCUT2D eigenvalue weighted by Gasteiger charge is 2.22. The SMILES string of the molecule is CCOC(=O)c1c(NC(=O)Cc2cccc(OC)c2)sc(C)c1C. The average molecular weight is 347 g/mol. The predicted molar refractivity (Wildman–Crippen MR) is 95.1 cm³/mol. The molecule has 0 saturated carbocycles. The minimum Gasteiger partial charge on any atom is -0.497 e. The van der Waals surface area contributed by atoms with Gasteiger partial charge in [0.25, 0.3) is 0 Å². The summed E-state index contributed by atoms with van der Waals surface area (Å²) in [4.78, 5) is 25.5.